The summed E-state index contributed by atoms with van der Waals surface area (Å²) in [5.41, 5.74) is 2.47. The number of hydrogen-bond donors (Lipinski definition) is 0. The summed E-state index contributed by atoms with van der Waals surface area (Å²) < 4.78 is 54.4. The minimum absolute atomic E-state index is 0.172. The number of aromatic nitrogens is 3. The highest BCUT2D eigenvalue weighted by Gasteiger charge is 2.39. The van der Waals surface area contributed by atoms with Gasteiger partial charge < -0.3 is 18.8 Å². The van der Waals surface area contributed by atoms with E-state index in [0.29, 0.717) is 53.3 Å². The van der Waals surface area contributed by atoms with Gasteiger partial charge in [0.05, 0.1) is 45.4 Å². The van der Waals surface area contributed by atoms with Crippen molar-refractivity contribution >= 4 is 44.7 Å². The third-order valence-corrected chi connectivity index (χ3v) is 9.33. The number of carbonyl (C=O) groups is 1. The number of amides is 1. The number of imidazole rings is 1. The molecule has 0 radical (unpaired) electrons. The highest BCUT2D eigenvalue weighted by Crippen LogP contribution is 2.40. The van der Waals surface area contributed by atoms with Crippen molar-refractivity contribution in [3.05, 3.63) is 93.3 Å². The fourth-order valence-electron chi connectivity index (χ4n) is 5.79. The zero-order valence-electron chi connectivity index (χ0n) is 23.4. The Kier molecular flexibility index (Phi) is 7.69. The molecule has 228 valence electrons. The molecule has 0 bridgehead atoms. The maximum atomic E-state index is 13.8. The van der Waals surface area contributed by atoms with E-state index in [9.17, 15) is 18.0 Å². The normalized spacial score (nSPS) is 17.7. The number of nitrogens with zero attached hydrogens (tertiary/aromatic N) is 5. The summed E-state index contributed by atoms with van der Waals surface area (Å²) in [7, 11) is 0. The summed E-state index contributed by atoms with van der Waals surface area (Å²) in [5.74, 6) is 0.102. The van der Waals surface area contributed by atoms with Crippen LogP contribution < -0.4 is 4.74 Å². The maximum Gasteiger partial charge on any atom is 0.416 e. The molecule has 3 aromatic heterocycles. The largest absolute Gasteiger partial charge is 0.482 e. The first-order valence-corrected chi connectivity index (χ1v) is 15.4. The van der Waals surface area contributed by atoms with Crippen LogP contribution in [0, 0.1) is 0 Å². The van der Waals surface area contributed by atoms with Crippen LogP contribution in [0.2, 0.25) is 5.02 Å². The summed E-state index contributed by atoms with van der Waals surface area (Å²) in [5, 5.41) is 1.06. The number of benzene rings is 2. The molecule has 2 aromatic carbocycles. The van der Waals surface area contributed by atoms with Crippen molar-refractivity contribution in [1.82, 2.24) is 24.2 Å². The van der Waals surface area contributed by atoms with E-state index in [2.05, 4.69) is 9.88 Å². The Balaban J connectivity index is 1.17. The number of alkyl halides is 3. The first-order valence-electron chi connectivity index (χ1n) is 14.2. The SMILES string of the molecule is O=C(COc1ccc(CN2CCOCC2)cc1Cl)N1CCc2nc3cc(C(F)(F)F)ccn3c2C1c1nc2ccccc2s1. The van der Waals surface area contributed by atoms with Gasteiger partial charge in [-0.15, -0.1) is 11.3 Å². The van der Waals surface area contributed by atoms with E-state index in [-0.39, 0.29) is 18.2 Å². The third kappa shape index (κ3) is 5.63. The van der Waals surface area contributed by atoms with E-state index in [1.54, 1.807) is 15.4 Å². The number of carbonyl (C=O) groups excluding carboxylic acids is 1. The van der Waals surface area contributed by atoms with E-state index in [1.165, 1.54) is 17.5 Å². The Hall–Kier alpha value is -3.71. The number of ether oxygens (including phenoxy) is 2. The van der Waals surface area contributed by atoms with Gasteiger partial charge in [-0.1, -0.05) is 29.8 Å². The van der Waals surface area contributed by atoms with Gasteiger partial charge in [-0.2, -0.15) is 13.2 Å². The summed E-state index contributed by atoms with van der Waals surface area (Å²) in [6.45, 7) is 3.90. The van der Waals surface area contributed by atoms with Gasteiger partial charge in [-0.3, -0.25) is 9.69 Å². The van der Waals surface area contributed by atoms with Gasteiger partial charge in [0.15, 0.2) is 6.61 Å². The number of pyridine rings is 1. The van der Waals surface area contributed by atoms with Crippen LogP contribution in [0.1, 0.15) is 33.6 Å². The molecule has 8 nitrogen and oxygen atoms in total. The highest BCUT2D eigenvalue weighted by atomic mass is 35.5. The van der Waals surface area contributed by atoms with Gasteiger partial charge in [-0.25, -0.2) is 9.97 Å². The zero-order valence-corrected chi connectivity index (χ0v) is 25.0. The van der Waals surface area contributed by atoms with Crippen molar-refractivity contribution in [1.29, 1.82) is 0 Å². The lowest BCUT2D eigenvalue weighted by Crippen LogP contribution is -2.43. The molecule has 1 saturated heterocycles. The average Bonchev–Trinajstić information content (AvgIpc) is 3.61. The Morgan fingerprint density at radius 3 is 2.66 bits per heavy atom. The minimum Gasteiger partial charge on any atom is -0.482 e. The number of halogens is 4. The molecule has 5 aromatic rings. The molecule has 2 aliphatic rings. The van der Waals surface area contributed by atoms with Gasteiger partial charge in [0, 0.05) is 38.8 Å². The summed E-state index contributed by atoms with van der Waals surface area (Å²) in [4.78, 5) is 27.1. The summed E-state index contributed by atoms with van der Waals surface area (Å²) in [6, 6.07) is 14.6. The van der Waals surface area contributed by atoms with E-state index in [0.717, 1.165) is 47.5 Å². The van der Waals surface area contributed by atoms with Gasteiger partial charge in [0.2, 0.25) is 0 Å². The molecule has 44 heavy (non-hydrogen) atoms. The highest BCUT2D eigenvalue weighted by molar-refractivity contribution is 7.18. The average molecular weight is 642 g/mol. The molecule has 0 spiro atoms. The monoisotopic (exact) mass is 641 g/mol. The Morgan fingerprint density at radius 2 is 1.89 bits per heavy atom. The van der Waals surface area contributed by atoms with E-state index < -0.39 is 17.8 Å². The van der Waals surface area contributed by atoms with Crippen LogP contribution in [0.3, 0.4) is 0 Å². The molecule has 1 fully saturated rings. The second-order valence-electron chi connectivity index (χ2n) is 10.8. The number of thiazole rings is 1. The maximum absolute atomic E-state index is 13.8. The van der Waals surface area contributed by atoms with E-state index in [1.807, 2.05) is 36.4 Å². The molecule has 1 unspecified atom stereocenters. The Labute approximate surface area is 259 Å². The molecule has 0 N–H and O–H groups in total. The third-order valence-electron chi connectivity index (χ3n) is 7.95. The van der Waals surface area contributed by atoms with Gasteiger partial charge in [0.1, 0.15) is 22.4 Å². The quantitative estimate of drug-likeness (QED) is 0.227. The molecule has 1 atom stereocenters. The molecular weight excluding hydrogens is 615 g/mol. The standard InChI is InChI=1S/C31H27ClF3N5O3S/c32-21-15-19(17-38-11-13-42-14-12-38)5-6-24(21)43-18-27(41)40-10-8-23-28(29(40)30-37-22-3-1-2-4-25(22)44-30)39-9-7-20(31(33,34)35)16-26(39)36-23/h1-7,9,15-16,29H,8,10-14,17-18H2. The van der Waals surface area contributed by atoms with Crippen LogP contribution in [0.4, 0.5) is 13.2 Å². The molecule has 13 heteroatoms. The number of morpholine rings is 1. The number of hydrogen-bond acceptors (Lipinski definition) is 7. The Bertz CT molecular complexity index is 1820. The fourth-order valence-corrected chi connectivity index (χ4v) is 7.13. The van der Waals surface area contributed by atoms with Gasteiger partial charge >= 0.3 is 6.18 Å². The predicted octanol–water partition coefficient (Wildman–Crippen LogP) is 6.00. The molecule has 0 saturated carbocycles. The molecular formula is C31H27ClF3N5O3S. The predicted molar refractivity (Wildman–Crippen MR) is 160 cm³/mol. The molecule has 0 aliphatic carbocycles. The lowest BCUT2D eigenvalue weighted by atomic mass is 10.0. The van der Waals surface area contributed by atoms with E-state index >= 15 is 0 Å². The second kappa shape index (κ2) is 11.7. The van der Waals surface area contributed by atoms with Gasteiger partial charge in [-0.05, 0) is 42.0 Å². The van der Waals surface area contributed by atoms with Crippen LogP contribution in [0.15, 0.2) is 60.8 Å². The number of para-hydroxylation sites is 1. The van der Waals surface area contributed by atoms with Crippen LogP contribution in [0.5, 0.6) is 5.75 Å². The van der Waals surface area contributed by atoms with Crippen molar-refractivity contribution in [2.75, 3.05) is 39.5 Å². The van der Waals surface area contributed by atoms with Crippen LogP contribution in [-0.2, 0) is 28.7 Å². The zero-order chi connectivity index (χ0) is 30.4. The molecule has 2 aliphatic heterocycles. The van der Waals surface area contributed by atoms with Crippen LogP contribution in [0.25, 0.3) is 15.9 Å². The molecule has 1 amide bonds. The smallest absolute Gasteiger partial charge is 0.416 e. The van der Waals surface area contributed by atoms with Crippen LogP contribution >= 0.6 is 22.9 Å². The fraction of sp³-hybridized carbons (Fsp3) is 0.323. The number of fused-ring (bicyclic) bond motifs is 4. The topological polar surface area (TPSA) is 72.2 Å². The van der Waals surface area contributed by atoms with E-state index in [4.69, 9.17) is 26.1 Å². The van der Waals surface area contributed by atoms with Crippen molar-refractivity contribution in [3.8, 4) is 5.75 Å². The van der Waals surface area contributed by atoms with Gasteiger partial charge in [0.25, 0.3) is 5.91 Å². The molecule has 7 rings (SSSR count). The number of rotatable bonds is 6. The van der Waals surface area contributed by atoms with Crippen molar-refractivity contribution < 1.29 is 27.4 Å². The summed E-state index contributed by atoms with van der Waals surface area (Å²) >= 11 is 8.00. The first kappa shape index (κ1) is 29.0. The van der Waals surface area contributed by atoms with Crippen molar-refractivity contribution in [2.24, 2.45) is 0 Å². The Morgan fingerprint density at radius 1 is 1.07 bits per heavy atom. The summed E-state index contributed by atoms with van der Waals surface area (Å²) in [6.07, 6.45) is -2.75. The van der Waals surface area contributed by atoms with Crippen molar-refractivity contribution in [3.63, 3.8) is 0 Å². The van der Waals surface area contributed by atoms with Crippen molar-refractivity contribution in [2.45, 2.75) is 25.2 Å². The van der Waals surface area contributed by atoms with Crippen LogP contribution in [-0.4, -0.2) is 69.5 Å². The lowest BCUT2D eigenvalue weighted by molar-refractivity contribution is -0.137. The first-order chi connectivity index (χ1) is 21.2. The second-order valence-corrected chi connectivity index (χ2v) is 12.3. The molecule has 5 heterocycles. The minimum atomic E-state index is -4.50. The lowest BCUT2D eigenvalue weighted by Gasteiger charge is -2.34.